The SMILES string of the molecule is Cc1cc(C(=O)NCC2(O)CCOC2)on1. The van der Waals surface area contributed by atoms with Crippen LogP contribution in [0.2, 0.25) is 0 Å². The molecule has 0 aromatic carbocycles. The Balaban J connectivity index is 1.88. The average Bonchev–Trinajstić information content (AvgIpc) is 2.85. The van der Waals surface area contributed by atoms with Crippen molar-refractivity contribution in [1.82, 2.24) is 10.5 Å². The molecule has 0 spiro atoms. The van der Waals surface area contributed by atoms with Crippen molar-refractivity contribution in [2.24, 2.45) is 0 Å². The first-order chi connectivity index (χ1) is 7.59. The lowest BCUT2D eigenvalue weighted by atomic mass is 10.0. The van der Waals surface area contributed by atoms with Gasteiger partial charge in [-0.05, 0) is 6.92 Å². The number of aryl methyl sites for hydroxylation is 1. The van der Waals surface area contributed by atoms with Gasteiger partial charge in [-0.2, -0.15) is 0 Å². The van der Waals surface area contributed by atoms with Crippen LogP contribution in [0.3, 0.4) is 0 Å². The summed E-state index contributed by atoms with van der Waals surface area (Å²) in [5.74, 6) is -0.221. The van der Waals surface area contributed by atoms with Gasteiger partial charge in [0, 0.05) is 25.6 Å². The molecular weight excluding hydrogens is 212 g/mol. The van der Waals surface area contributed by atoms with Crippen molar-refractivity contribution < 1.29 is 19.2 Å². The van der Waals surface area contributed by atoms with E-state index in [0.29, 0.717) is 18.7 Å². The third kappa shape index (κ3) is 2.40. The molecule has 1 saturated heterocycles. The van der Waals surface area contributed by atoms with Gasteiger partial charge in [-0.3, -0.25) is 4.79 Å². The second kappa shape index (κ2) is 4.23. The minimum Gasteiger partial charge on any atom is -0.386 e. The van der Waals surface area contributed by atoms with E-state index >= 15 is 0 Å². The van der Waals surface area contributed by atoms with Gasteiger partial charge in [-0.1, -0.05) is 5.16 Å². The predicted octanol–water partition coefficient (Wildman–Crippen LogP) is -0.136. The highest BCUT2D eigenvalue weighted by Crippen LogP contribution is 2.17. The number of nitrogens with zero attached hydrogens (tertiary/aromatic N) is 1. The van der Waals surface area contributed by atoms with Crippen LogP contribution in [0, 0.1) is 6.92 Å². The first-order valence-electron chi connectivity index (χ1n) is 5.11. The van der Waals surface area contributed by atoms with Crippen molar-refractivity contribution in [2.45, 2.75) is 18.9 Å². The van der Waals surface area contributed by atoms with Crippen molar-refractivity contribution in [2.75, 3.05) is 19.8 Å². The number of aromatic nitrogens is 1. The molecule has 1 fully saturated rings. The normalized spacial score (nSPS) is 24.6. The van der Waals surface area contributed by atoms with E-state index in [0.717, 1.165) is 0 Å². The van der Waals surface area contributed by atoms with E-state index in [4.69, 9.17) is 9.26 Å². The van der Waals surface area contributed by atoms with E-state index in [1.807, 2.05) is 0 Å². The zero-order valence-corrected chi connectivity index (χ0v) is 9.02. The van der Waals surface area contributed by atoms with Gasteiger partial charge in [0.2, 0.25) is 5.76 Å². The molecule has 1 aromatic heterocycles. The summed E-state index contributed by atoms with van der Waals surface area (Å²) in [5.41, 5.74) is -0.307. The second-order valence-electron chi connectivity index (χ2n) is 4.04. The van der Waals surface area contributed by atoms with Crippen molar-refractivity contribution in [3.8, 4) is 0 Å². The smallest absolute Gasteiger partial charge is 0.290 e. The van der Waals surface area contributed by atoms with Crippen LogP contribution in [-0.2, 0) is 4.74 Å². The summed E-state index contributed by atoms with van der Waals surface area (Å²) in [6, 6.07) is 1.55. The summed E-state index contributed by atoms with van der Waals surface area (Å²) in [4.78, 5) is 11.6. The molecule has 2 N–H and O–H groups in total. The number of hydrogen-bond acceptors (Lipinski definition) is 5. The first-order valence-corrected chi connectivity index (χ1v) is 5.11. The topological polar surface area (TPSA) is 84.6 Å². The average molecular weight is 226 g/mol. The molecule has 2 heterocycles. The lowest BCUT2D eigenvalue weighted by Crippen LogP contribution is -2.43. The Morgan fingerprint density at radius 3 is 3.12 bits per heavy atom. The maximum atomic E-state index is 11.6. The fourth-order valence-corrected chi connectivity index (χ4v) is 1.54. The van der Waals surface area contributed by atoms with Gasteiger partial charge >= 0.3 is 0 Å². The van der Waals surface area contributed by atoms with Crippen LogP contribution in [0.5, 0.6) is 0 Å². The summed E-state index contributed by atoms with van der Waals surface area (Å²) in [6.07, 6.45) is 0.530. The number of nitrogens with one attached hydrogen (secondary N) is 1. The fraction of sp³-hybridized carbons (Fsp3) is 0.600. The molecule has 88 valence electrons. The molecule has 1 aliphatic heterocycles. The van der Waals surface area contributed by atoms with Gasteiger partial charge in [0.1, 0.15) is 5.60 Å². The molecule has 0 bridgehead atoms. The van der Waals surface area contributed by atoms with Crippen LogP contribution < -0.4 is 5.32 Å². The number of hydrogen-bond donors (Lipinski definition) is 2. The molecule has 1 amide bonds. The van der Waals surface area contributed by atoms with E-state index in [1.54, 1.807) is 13.0 Å². The van der Waals surface area contributed by atoms with Gasteiger partial charge in [0.05, 0.1) is 12.3 Å². The molecule has 1 aliphatic rings. The highest BCUT2D eigenvalue weighted by atomic mass is 16.5. The molecule has 16 heavy (non-hydrogen) atoms. The second-order valence-corrected chi connectivity index (χ2v) is 4.04. The Hall–Kier alpha value is -1.40. The number of amides is 1. The monoisotopic (exact) mass is 226 g/mol. The lowest BCUT2D eigenvalue weighted by Gasteiger charge is -2.19. The maximum absolute atomic E-state index is 11.6. The Morgan fingerprint density at radius 2 is 2.56 bits per heavy atom. The molecule has 1 atom stereocenters. The Kier molecular flexibility index (Phi) is 2.93. The molecule has 6 heteroatoms. The number of carbonyl (C=O) groups is 1. The zero-order chi connectivity index (χ0) is 11.6. The third-order valence-corrected chi connectivity index (χ3v) is 2.51. The molecule has 6 nitrogen and oxygen atoms in total. The van der Waals surface area contributed by atoms with Crippen molar-refractivity contribution in [3.05, 3.63) is 17.5 Å². The summed E-state index contributed by atoms with van der Waals surface area (Å²) < 4.78 is 9.86. The Labute approximate surface area is 92.6 Å². The predicted molar refractivity (Wildman–Crippen MR) is 54.0 cm³/mol. The van der Waals surface area contributed by atoms with E-state index in [-0.39, 0.29) is 24.8 Å². The highest BCUT2D eigenvalue weighted by Gasteiger charge is 2.32. The zero-order valence-electron chi connectivity index (χ0n) is 9.02. The van der Waals surface area contributed by atoms with Gasteiger partial charge in [0.15, 0.2) is 0 Å². The molecule has 1 unspecified atom stereocenters. The quantitative estimate of drug-likeness (QED) is 0.749. The number of rotatable bonds is 3. The highest BCUT2D eigenvalue weighted by molar-refractivity contribution is 5.91. The van der Waals surface area contributed by atoms with E-state index in [2.05, 4.69) is 10.5 Å². The van der Waals surface area contributed by atoms with Crippen LogP contribution in [0.4, 0.5) is 0 Å². The minimum atomic E-state index is -0.954. The Morgan fingerprint density at radius 1 is 1.75 bits per heavy atom. The fourth-order valence-electron chi connectivity index (χ4n) is 1.54. The van der Waals surface area contributed by atoms with Gasteiger partial charge in [-0.15, -0.1) is 0 Å². The van der Waals surface area contributed by atoms with Crippen molar-refractivity contribution in [3.63, 3.8) is 0 Å². The molecule has 0 saturated carbocycles. The molecule has 2 rings (SSSR count). The van der Waals surface area contributed by atoms with Crippen LogP contribution in [0.1, 0.15) is 22.7 Å². The van der Waals surface area contributed by atoms with Crippen LogP contribution >= 0.6 is 0 Å². The molecule has 0 radical (unpaired) electrons. The Bertz CT molecular complexity index is 382. The first kappa shape index (κ1) is 11.1. The van der Waals surface area contributed by atoms with Gasteiger partial charge in [0.25, 0.3) is 5.91 Å². The third-order valence-electron chi connectivity index (χ3n) is 2.51. The summed E-state index contributed by atoms with van der Waals surface area (Å²) in [5, 5.41) is 16.1. The summed E-state index contributed by atoms with van der Waals surface area (Å²) in [7, 11) is 0. The van der Waals surface area contributed by atoms with E-state index < -0.39 is 5.60 Å². The minimum absolute atomic E-state index is 0.153. The van der Waals surface area contributed by atoms with E-state index in [9.17, 15) is 9.90 Å². The van der Waals surface area contributed by atoms with Gasteiger partial charge < -0.3 is 19.7 Å². The molecule has 1 aromatic rings. The maximum Gasteiger partial charge on any atom is 0.290 e. The van der Waals surface area contributed by atoms with E-state index in [1.165, 1.54) is 0 Å². The standard InChI is InChI=1S/C10H14N2O4/c1-7-4-8(16-12-7)9(13)11-5-10(14)2-3-15-6-10/h4,14H,2-3,5-6H2,1H3,(H,11,13). The van der Waals surface area contributed by atoms with Crippen LogP contribution in [0.15, 0.2) is 10.6 Å². The van der Waals surface area contributed by atoms with Crippen LogP contribution in [0.25, 0.3) is 0 Å². The number of ether oxygens (including phenoxy) is 1. The summed E-state index contributed by atoms with van der Waals surface area (Å²) >= 11 is 0. The number of carbonyl (C=O) groups excluding carboxylic acids is 1. The van der Waals surface area contributed by atoms with Crippen molar-refractivity contribution >= 4 is 5.91 Å². The van der Waals surface area contributed by atoms with Gasteiger partial charge in [-0.25, -0.2) is 0 Å². The number of aliphatic hydroxyl groups is 1. The molecular formula is C10H14N2O4. The van der Waals surface area contributed by atoms with Crippen molar-refractivity contribution in [1.29, 1.82) is 0 Å². The van der Waals surface area contributed by atoms with Crippen LogP contribution in [-0.4, -0.2) is 41.5 Å². The summed E-state index contributed by atoms with van der Waals surface area (Å²) in [6.45, 7) is 2.67. The largest absolute Gasteiger partial charge is 0.386 e. The molecule has 0 aliphatic carbocycles. The lowest BCUT2D eigenvalue weighted by molar-refractivity contribution is 0.0260.